The molecule has 0 aromatic heterocycles. The van der Waals surface area contributed by atoms with Gasteiger partial charge in [-0.05, 0) is 42.8 Å². The second-order valence-electron chi connectivity index (χ2n) is 6.08. The summed E-state index contributed by atoms with van der Waals surface area (Å²) in [4.78, 5) is 12.8. The van der Waals surface area contributed by atoms with Crippen LogP contribution in [0.1, 0.15) is 28.9 Å². The van der Waals surface area contributed by atoms with E-state index in [4.69, 9.17) is 9.47 Å². The molecule has 0 saturated carbocycles. The number of sulfonamides is 1. The average Bonchev–Trinajstić information content (AvgIpc) is 2.66. The predicted molar refractivity (Wildman–Crippen MR) is 105 cm³/mol. The van der Waals surface area contributed by atoms with Crippen LogP contribution in [0, 0.1) is 0 Å². The molecule has 0 aliphatic heterocycles. The highest BCUT2D eigenvalue weighted by Gasteiger charge is 2.19. The number of methoxy groups -OCH3 is 2. The van der Waals surface area contributed by atoms with Gasteiger partial charge in [-0.1, -0.05) is 12.1 Å². The SMILES string of the molecule is COc1ccc([C@@H](C)NC(=O)c2cc(N(C)S(C)(=O)=O)ccc2OC)cc1. The number of hydrogen-bond donors (Lipinski definition) is 1. The molecule has 1 amide bonds. The van der Waals surface area contributed by atoms with E-state index in [1.807, 2.05) is 31.2 Å². The topological polar surface area (TPSA) is 84.9 Å². The molecule has 0 aliphatic carbocycles. The van der Waals surface area contributed by atoms with Gasteiger partial charge in [-0.25, -0.2) is 8.42 Å². The molecule has 0 heterocycles. The van der Waals surface area contributed by atoms with Crippen molar-refractivity contribution in [1.29, 1.82) is 0 Å². The van der Waals surface area contributed by atoms with E-state index in [1.54, 1.807) is 19.2 Å². The number of benzene rings is 2. The fourth-order valence-corrected chi connectivity index (χ4v) is 3.01. The normalized spacial score (nSPS) is 12.2. The number of amides is 1. The molecular weight excluding hydrogens is 368 g/mol. The van der Waals surface area contributed by atoms with Crippen LogP contribution in [0.3, 0.4) is 0 Å². The fourth-order valence-electron chi connectivity index (χ4n) is 2.51. The molecule has 8 heteroatoms. The van der Waals surface area contributed by atoms with Gasteiger partial charge in [-0.2, -0.15) is 0 Å². The van der Waals surface area contributed by atoms with Gasteiger partial charge in [-0.15, -0.1) is 0 Å². The summed E-state index contributed by atoms with van der Waals surface area (Å²) >= 11 is 0. The number of carbonyl (C=O) groups excluding carboxylic acids is 1. The minimum absolute atomic E-state index is 0.255. The van der Waals surface area contributed by atoms with Crippen LogP contribution in [-0.4, -0.2) is 41.8 Å². The fraction of sp³-hybridized carbons (Fsp3) is 0.316. The van der Waals surface area contributed by atoms with Crippen molar-refractivity contribution >= 4 is 21.6 Å². The van der Waals surface area contributed by atoms with Crippen molar-refractivity contribution in [2.75, 3.05) is 31.8 Å². The number of nitrogens with one attached hydrogen (secondary N) is 1. The number of nitrogens with zero attached hydrogens (tertiary/aromatic N) is 1. The Morgan fingerprint density at radius 1 is 1.07 bits per heavy atom. The molecular formula is C19H24N2O5S. The summed E-state index contributed by atoms with van der Waals surface area (Å²) in [5, 5.41) is 2.90. The monoisotopic (exact) mass is 392 g/mol. The van der Waals surface area contributed by atoms with Gasteiger partial charge in [0.05, 0.1) is 37.8 Å². The smallest absolute Gasteiger partial charge is 0.255 e. The molecule has 2 aromatic carbocycles. The largest absolute Gasteiger partial charge is 0.497 e. The van der Waals surface area contributed by atoms with Gasteiger partial charge in [0.15, 0.2) is 0 Å². The van der Waals surface area contributed by atoms with Crippen LogP contribution in [0.15, 0.2) is 42.5 Å². The van der Waals surface area contributed by atoms with Crippen LogP contribution in [0.4, 0.5) is 5.69 Å². The lowest BCUT2D eigenvalue weighted by Crippen LogP contribution is -2.28. The maximum absolute atomic E-state index is 12.8. The van der Waals surface area contributed by atoms with Gasteiger partial charge in [0.1, 0.15) is 11.5 Å². The Balaban J connectivity index is 2.27. The van der Waals surface area contributed by atoms with Crippen molar-refractivity contribution in [3.05, 3.63) is 53.6 Å². The zero-order valence-electron chi connectivity index (χ0n) is 16.0. The van der Waals surface area contributed by atoms with Crippen molar-refractivity contribution in [3.8, 4) is 11.5 Å². The second kappa shape index (κ2) is 8.30. The van der Waals surface area contributed by atoms with E-state index < -0.39 is 10.0 Å². The maximum Gasteiger partial charge on any atom is 0.255 e. The first-order chi connectivity index (χ1) is 12.7. The van der Waals surface area contributed by atoms with E-state index in [0.29, 0.717) is 11.4 Å². The number of ether oxygens (including phenoxy) is 2. The third-order valence-electron chi connectivity index (χ3n) is 4.25. The van der Waals surface area contributed by atoms with E-state index in [2.05, 4.69) is 5.32 Å². The summed E-state index contributed by atoms with van der Waals surface area (Å²) in [5.74, 6) is 0.731. The molecule has 0 radical (unpaired) electrons. The second-order valence-corrected chi connectivity index (χ2v) is 8.10. The molecule has 0 bridgehead atoms. The summed E-state index contributed by atoms with van der Waals surface area (Å²) in [5.41, 5.74) is 1.54. The van der Waals surface area contributed by atoms with E-state index in [9.17, 15) is 13.2 Å². The van der Waals surface area contributed by atoms with Crippen LogP contribution in [-0.2, 0) is 10.0 Å². The van der Waals surface area contributed by atoms with Crippen LogP contribution < -0.4 is 19.1 Å². The zero-order valence-corrected chi connectivity index (χ0v) is 16.8. The number of hydrogen-bond acceptors (Lipinski definition) is 5. The molecule has 0 spiro atoms. The number of anilines is 1. The van der Waals surface area contributed by atoms with Crippen molar-refractivity contribution in [3.63, 3.8) is 0 Å². The predicted octanol–water partition coefficient (Wildman–Crippen LogP) is 2.59. The highest BCUT2D eigenvalue weighted by atomic mass is 32.2. The molecule has 27 heavy (non-hydrogen) atoms. The standard InChI is InChI=1S/C19H24N2O5S/c1-13(14-6-9-16(25-3)10-7-14)20-19(22)17-12-15(8-11-18(17)26-4)21(2)27(5,23)24/h6-13H,1-5H3,(H,20,22)/t13-/m1/s1. The third-order valence-corrected chi connectivity index (χ3v) is 5.46. The van der Waals surface area contributed by atoms with Crippen LogP contribution in [0.5, 0.6) is 11.5 Å². The molecule has 7 nitrogen and oxygen atoms in total. The van der Waals surface area contributed by atoms with Crippen molar-refractivity contribution < 1.29 is 22.7 Å². The van der Waals surface area contributed by atoms with E-state index in [0.717, 1.165) is 21.9 Å². The first kappa shape index (κ1) is 20.6. The van der Waals surface area contributed by atoms with Gasteiger partial charge < -0.3 is 14.8 Å². The summed E-state index contributed by atoms with van der Waals surface area (Å²) in [6.45, 7) is 1.86. The number of rotatable bonds is 7. The minimum Gasteiger partial charge on any atom is -0.497 e. The van der Waals surface area contributed by atoms with Gasteiger partial charge >= 0.3 is 0 Å². The van der Waals surface area contributed by atoms with Gasteiger partial charge in [0.25, 0.3) is 5.91 Å². The molecule has 0 saturated heterocycles. The van der Waals surface area contributed by atoms with Crippen molar-refractivity contribution in [1.82, 2.24) is 5.32 Å². The van der Waals surface area contributed by atoms with Crippen molar-refractivity contribution in [2.45, 2.75) is 13.0 Å². The lowest BCUT2D eigenvalue weighted by atomic mass is 10.1. The van der Waals surface area contributed by atoms with Gasteiger partial charge in [-0.3, -0.25) is 9.10 Å². The number of carbonyl (C=O) groups is 1. The molecule has 2 rings (SSSR count). The lowest BCUT2D eigenvalue weighted by Gasteiger charge is -2.20. The molecule has 1 N–H and O–H groups in total. The van der Waals surface area contributed by atoms with Gasteiger partial charge in [0.2, 0.25) is 10.0 Å². The first-order valence-corrected chi connectivity index (χ1v) is 10.1. The molecule has 0 aliphatic rings. The Bertz CT molecular complexity index is 910. The Kier molecular flexibility index (Phi) is 6.32. The molecule has 2 aromatic rings. The van der Waals surface area contributed by atoms with Gasteiger partial charge in [0, 0.05) is 7.05 Å². The Hall–Kier alpha value is -2.74. The maximum atomic E-state index is 12.8. The van der Waals surface area contributed by atoms with E-state index >= 15 is 0 Å². The van der Waals surface area contributed by atoms with Crippen molar-refractivity contribution in [2.24, 2.45) is 0 Å². The summed E-state index contributed by atoms with van der Waals surface area (Å²) in [6, 6.07) is 11.8. The Morgan fingerprint density at radius 2 is 1.70 bits per heavy atom. The highest BCUT2D eigenvalue weighted by Crippen LogP contribution is 2.26. The van der Waals surface area contributed by atoms with Crippen LogP contribution in [0.25, 0.3) is 0 Å². The van der Waals surface area contributed by atoms with E-state index in [-0.39, 0.29) is 17.5 Å². The quantitative estimate of drug-likeness (QED) is 0.783. The first-order valence-electron chi connectivity index (χ1n) is 8.24. The lowest BCUT2D eigenvalue weighted by molar-refractivity contribution is 0.0937. The molecule has 0 unspecified atom stereocenters. The Labute approximate surface area is 160 Å². The highest BCUT2D eigenvalue weighted by molar-refractivity contribution is 7.92. The summed E-state index contributed by atoms with van der Waals surface area (Å²) in [7, 11) is 1.04. The minimum atomic E-state index is -3.44. The molecule has 146 valence electrons. The Morgan fingerprint density at radius 3 is 2.22 bits per heavy atom. The van der Waals surface area contributed by atoms with E-state index in [1.165, 1.54) is 20.2 Å². The third kappa shape index (κ3) is 4.91. The average molecular weight is 392 g/mol. The zero-order chi connectivity index (χ0) is 20.2. The summed E-state index contributed by atoms with van der Waals surface area (Å²) in [6.07, 6.45) is 1.10. The van der Waals surface area contributed by atoms with Crippen LogP contribution >= 0.6 is 0 Å². The molecule has 0 fully saturated rings. The summed E-state index contributed by atoms with van der Waals surface area (Å²) < 4.78 is 35.0. The molecule has 1 atom stereocenters. The van der Waals surface area contributed by atoms with Crippen LogP contribution in [0.2, 0.25) is 0 Å².